The molecule has 0 radical (unpaired) electrons. The molecule has 0 bridgehead atoms. The van der Waals surface area contributed by atoms with Crippen LogP contribution in [0.4, 0.5) is 4.79 Å². The van der Waals surface area contributed by atoms with Gasteiger partial charge in [-0.15, -0.1) is 0 Å². The molecule has 0 aliphatic carbocycles. The van der Waals surface area contributed by atoms with Gasteiger partial charge in [-0.2, -0.15) is 0 Å². The number of carbonyl (C=O) groups excluding carboxylic acids is 2. The van der Waals surface area contributed by atoms with E-state index < -0.39 is 11.6 Å². The number of nitrogens with one attached hydrogen (secondary N) is 3. The van der Waals surface area contributed by atoms with Crippen molar-refractivity contribution >= 4 is 29.1 Å². The molecule has 0 aliphatic heterocycles. The fourth-order valence-corrected chi connectivity index (χ4v) is 3.17. The summed E-state index contributed by atoms with van der Waals surface area (Å²) in [6, 6.07) is 12.7. The number of urea groups is 1. The number of amides is 3. The van der Waals surface area contributed by atoms with Gasteiger partial charge in [0.2, 0.25) is 5.91 Å². The molecule has 3 N–H and O–H groups in total. The first-order valence-electron chi connectivity index (χ1n) is 10.1. The molecule has 0 saturated heterocycles. The molecule has 0 fully saturated rings. The Morgan fingerprint density at radius 3 is 2.55 bits per heavy atom. The summed E-state index contributed by atoms with van der Waals surface area (Å²) < 4.78 is 5.66. The molecule has 0 heterocycles. The maximum Gasteiger partial charge on any atom is 0.334 e. The standard InChI is InChI=1S/C24H30ClN3O3/c1-16(2)18-8-6-9-19(15-18)24(4,5)26-23(30)28-27-22(29)10-7-13-31-21-12-11-20(25)14-17(21)3/h6,8-9,11-12,14-15H,1,7,10,13H2,2-5H3,(H,27,29)(H2,26,28,30). The molecule has 0 unspecified atom stereocenters. The van der Waals surface area contributed by atoms with Crippen molar-refractivity contribution < 1.29 is 14.3 Å². The first kappa shape index (κ1) is 24.3. The molecule has 2 aromatic carbocycles. The van der Waals surface area contributed by atoms with Gasteiger partial charge in [0.05, 0.1) is 12.1 Å². The van der Waals surface area contributed by atoms with Crippen LogP contribution in [-0.4, -0.2) is 18.5 Å². The third kappa shape index (κ3) is 7.64. The van der Waals surface area contributed by atoms with Crippen molar-refractivity contribution in [2.75, 3.05) is 6.61 Å². The minimum absolute atomic E-state index is 0.219. The first-order chi connectivity index (χ1) is 14.6. The lowest BCUT2D eigenvalue weighted by molar-refractivity contribution is -0.122. The van der Waals surface area contributed by atoms with E-state index in [0.29, 0.717) is 18.1 Å². The zero-order chi connectivity index (χ0) is 23.0. The first-order valence-corrected chi connectivity index (χ1v) is 10.5. The highest BCUT2D eigenvalue weighted by atomic mass is 35.5. The average molecular weight is 444 g/mol. The zero-order valence-electron chi connectivity index (χ0n) is 18.5. The van der Waals surface area contributed by atoms with Crippen LogP contribution >= 0.6 is 11.6 Å². The van der Waals surface area contributed by atoms with E-state index in [4.69, 9.17) is 16.3 Å². The van der Waals surface area contributed by atoms with E-state index in [9.17, 15) is 9.59 Å². The summed E-state index contributed by atoms with van der Waals surface area (Å²) in [5.41, 5.74) is 8.01. The minimum atomic E-state index is -0.634. The van der Waals surface area contributed by atoms with Gasteiger partial charge in [0.25, 0.3) is 0 Å². The van der Waals surface area contributed by atoms with Gasteiger partial charge in [-0.1, -0.05) is 42.0 Å². The molecular weight excluding hydrogens is 414 g/mol. The van der Waals surface area contributed by atoms with Gasteiger partial charge in [-0.25, -0.2) is 10.2 Å². The predicted octanol–water partition coefficient (Wildman–Crippen LogP) is 5.11. The Hall–Kier alpha value is -2.99. The summed E-state index contributed by atoms with van der Waals surface area (Å²) in [5.74, 6) is 0.439. The third-order valence-electron chi connectivity index (χ3n) is 4.76. The van der Waals surface area contributed by atoms with Gasteiger partial charge in [0.15, 0.2) is 0 Å². The predicted molar refractivity (Wildman–Crippen MR) is 125 cm³/mol. The average Bonchev–Trinajstić information content (AvgIpc) is 2.70. The monoisotopic (exact) mass is 443 g/mol. The van der Waals surface area contributed by atoms with Crippen LogP contribution < -0.4 is 20.9 Å². The normalized spacial score (nSPS) is 10.9. The number of allylic oxidation sites excluding steroid dienone is 1. The number of hydrogen-bond donors (Lipinski definition) is 3. The maximum atomic E-state index is 12.2. The van der Waals surface area contributed by atoms with Crippen molar-refractivity contribution in [2.24, 2.45) is 0 Å². The van der Waals surface area contributed by atoms with Crippen molar-refractivity contribution in [3.63, 3.8) is 0 Å². The Morgan fingerprint density at radius 1 is 1.13 bits per heavy atom. The molecule has 0 aliphatic rings. The van der Waals surface area contributed by atoms with Crippen LogP contribution in [0.3, 0.4) is 0 Å². The van der Waals surface area contributed by atoms with Crippen molar-refractivity contribution in [3.05, 3.63) is 70.8 Å². The Kier molecular flexibility index (Phi) is 8.51. The molecule has 0 spiro atoms. The smallest absolute Gasteiger partial charge is 0.334 e. The largest absolute Gasteiger partial charge is 0.493 e. The summed E-state index contributed by atoms with van der Waals surface area (Å²) in [4.78, 5) is 24.2. The molecule has 2 aromatic rings. The van der Waals surface area contributed by atoms with E-state index in [1.165, 1.54) is 0 Å². The Morgan fingerprint density at radius 2 is 1.87 bits per heavy atom. The minimum Gasteiger partial charge on any atom is -0.493 e. The van der Waals surface area contributed by atoms with Gasteiger partial charge in [-0.05, 0) is 75.1 Å². The summed E-state index contributed by atoms with van der Waals surface area (Å²) in [7, 11) is 0. The highest BCUT2D eigenvalue weighted by Gasteiger charge is 2.23. The van der Waals surface area contributed by atoms with Gasteiger partial charge in [0.1, 0.15) is 5.75 Å². The summed E-state index contributed by atoms with van der Waals surface area (Å²) in [6.45, 7) is 12.0. The Labute approximate surface area is 189 Å². The van der Waals surface area contributed by atoms with Crippen molar-refractivity contribution in [1.82, 2.24) is 16.2 Å². The maximum absolute atomic E-state index is 12.2. The highest BCUT2D eigenvalue weighted by molar-refractivity contribution is 6.30. The van der Waals surface area contributed by atoms with E-state index in [-0.39, 0.29) is 12.3 Å². The molecule has 6 nitrogen and oxygen atoms in total. The molecular formula is C24H30ClN3O3. The van der Waals surface area contributed by atoms with Crippen LogP contribution in [0.15, 0.2) is 49.0 Å². The molecule has 166 valence electrons. The van der Waals surface area contributed by atoms with E-state index in [2.05, 4.69) is 22.7 Å². The van der Waals surface area contributed by atoms with E-state index >= 15 is 0 Å². The number of rotatable bonds is 8. The Balaban J connectivity index is 1.74. The van der Waals surface area contributed by atoms with Gasteiger partial charge in [0, 0.05) is 11.4 Å². The van der Waals surface area contributed by atoms with Crippen LogP contribution in [0.5, 0.6) is 5.75 Å². The molecule has 2 rings (SSSR count). The van der Waals surface area contributed by atoms with Gasteiger partial charge >= 0.3 is 6.03 Å². The lowest BCUT2D eigenvalue weighted by Crippen LogP contribution is -2.52. The second-order valence-electron chi connectivity index (χ2n) is 7.98. The van der Waals surface area contributed by atoms with Crippen LogP contribution in [0.2, 0.25) is 5.02 Å². The lowest BCUT2D eigenvalue weighted by atomic mass is 9.92. The summed E-state index contributed by atoms with van der Waals surface area (Å²) >= 11 is 5.92. The second-order valence-corrected chi connectivity index (χ2v) is 8.41. The van der Waals surface area contributed by atoms with Crippen LogP contribution in [0.1, 0.15) is 50.3 Å². The van der Waals surface area contributed by atoms with Crippen molar-refractivity contribution in [1.29, 1.82) is 0 Å². The number of benzene rings is 2. The lowest BCUT2D eigenvalue weighted by Gasteiger charge is -2.27. The number of hydrogen-bond acceptors (Lipinski definition) is 3. The number of halogens is 1. The van der Waals surface area contributed by atoms with E-state index in [1.807, 2.05) is 58.0 Å². The van der Waals surface area contributed by atoms with Crippen LogP contribution in [-0.2, 0) is 10.3 Å². The topological polar surface area (TPSA) is 79.5 Å². The Bertz CT molecular complexity index is 957. The number of aryl methyl sites for hydroxylation is 1. The van der Waals surface area contributed by atoms with Crippen LogP contribution in [0, 0.1) is 6.92 Å². The fraction of sp³-hybridized carbons (Fsp3) is 0.333. The van der Waals surface area contributed by atoms with Crippen molar-refractivity contribution in [3.8, 4) is 5.75 Å². The molecule has 0 atom stereocenters. The van der Waals surface area contributed by atoms with Gasteiger partial charge in [-0.3, -0.25) is 10.2 Å². The van der Waals surface area contributed by atoms with Crippen molar-refractivity contribution in [2.45, 2.75) is 46.1 Å². The SMILES string of the molecule is C=C(C)c1cccc(C(C)(C)NC(=O)NNC(=O)CCCOc2ccc(Cl)cc2C)c1. The third-order valence-corrected chi connectivity index (χ3v) is 5.00. The zero-order valence-corrected chi connectivity index (χ0v) is 19.2. The second kappa shape index (κ2) is 10.9. The van der Waals surface area contributed by atoms with Crippen LogP contribution in [0.25, 0.3) is 5.57 Å². The number of carbonyl (C=O) groups is 2. The highest BCUT2D eigenvalue weighted by Crippen LogP contribution is 2.23. The quantitative estimate of drug-likeness (QED) is 0.392. The number of hydrazine groups is 1. The molecule has 0 saturated carbocycles. The molecule has 0 aromatic heterocycles. The van der Waals surface area contributed by atoms with E-state index in [1.54, 1.807) is 12.1 Å². The molecule has 3 amide bonds. The number of ether oxygens (including phenoxy) is 1. The molecule has 31 heavy (non-hydrogen) atoms. The van der Waals surface area contributed by atoms with Gasteiger partial charge < -0.3 is 10.1 Å². The summed E-state index contributed by atoms with van der Waals surface area (Å²) in [6.07, 6.45) is 0.730. The fourth-order valence-electron chi connectivity index (χ4n) is 2.94. The summed E-state index contributed by atoms with van der Waals surface area (Å²) in [5, 5.41) is 3.52. The van der Waals surface area contributed by atoms with E-state index in [0.717, 1.165) is 28.0 Å². The molecule has 7 heteroatoms.